The number of urea groups is 1. The number of aliphatic hydroxyl groups is 1. The Balaban J connectivity index is 2.09. The van der Waals surface area contributed by atoms with Gasteiger partial charge in [-0.15, -0.1) is 0 Å². The smallest absolute Gasteiger partial charge is 0.317 e. The number of carbonyl (C=O) groups is 1. The molecule has 0 aliphatic heterocycles. The van der Waals surface area contributed by atoms with Gasteiger partial charge in [0.05, 0.1) is 6.10 Å². The van der Waals surface area contributed by atoms with Gasteiger partial charge in [0.2, 0.25) is 0 Å². The van der Waals surface area contributed by atoms with Gasteiger partial charge in [0.15, 0.2) is 0 Å². The normalized spacial score (nSPS) is 16.9. The van der Waals surface area contributed by atoms with Crippen LogP contribution in [-0.2, 0) is 0 Å². The Morgan fingerprint density at radius 1 is 1.62 bits per heavy atom. The van der Waals surface area contributed by atoms with Gasteiger partial charge in [-0.05, 0) is 37.2 Å². The lowest BCUT2D eigenvalue weighted by Gasteiger charge is -2.21. The molecule has 1 aliphatic carbocycles. The highest BCUT2D eigenvalue weighted by atomic mass is 32.2. The molecule has 0 radical (unpaired) electrons. The van der Waals surface area contributed by atoms with Gasteiger partial charge in [-0.3, -0.25) is 0 Å². The average molecular weight is 246 g/mol. The molecular formula is C11H22N2O2S. The maximum atomic E-state index is 11.6. The van der Waals surface area contributed by atoms with E-state index in [0.29, 0.717) is 19.0 Å². The van der Waals surface area contributed by atoms with Crippen molar-refractivity contribution >= 4 is 17.8 Å². The highest BCUT2D eigenvalue weighted by molar-refractivity contribution is 7.98. The van der Waals surface area contributed by atoms with E-state index in [-0.39, 0.29) is 12.1 Å². The number of nitrogens with one attached hydrogen (secondary N) is 1. The SMILES string of the molecule is CSCCCNC(=O)N(C)CC(O)C1CC1. The van der Waals surface area contributed by atoms with Crippen LogP contribution in [0.5, 0.6) is 0 Å². The summed E-state index contributed by atoms with van der Waals surface area (Å²) in [5.41, 5.74) is 0. The fourth-order valence-electron chi connectivity index (χ4n) is 1.54. The maximum absolute atomic E-state index is 11.6. The number of aliphatic hydroxyl groups excluding tert-OH is 1. The predicted molar refractivity (Wildman–Crippen MR) is 67.8 cm³/mol. The van der Waals surface area contributed by atoms with Gasteiger partial charge in [0.25, 0.3) is 0 Å². The minimum Gasteiger partial charge on any atom is -0.391 e. The van der Waals surface area contributed by atoms with Crippen molar-refractivity contribution in [3.63, 3.8) is 0 Å². The van der Waals surface area contributed by atoms with Crippen molar-refractivity contribution in [3.05, 3.63) is 0 Å². The first-order valence-corrected chi connectivity index (χ1v) is 7.20. The topological polar surface area (TPSA) is 52.6 Å². The molecule has 0 aromatic rings. The van der Waals surface area contributed by atoms with E-state index in [2.05, 4.69) is 11.6 Å². The first-order chi connectivity index (χ1) is 7.65. The zero-order chi connectivity index (χ0) is 12.0. The Hall–Kier alpha value is -0.420. The van der Waals surface area contributed by atoms with E-state index in [1.165, 1.54) is 0 Å². The van der Waals surface area contributed by atoms with E-state index in [4.69, 9.17) is 0 Å². The Bertz CT molecular complexity index is 222. The lowest BCUT2D eigenvalue weighted by atomic mass is 10.2. The molecule has 1 aliphatic rings. The molecule has 94 valence electrons. The van der Waals surface area contributed by atoms with E-state index < -0.39 is 0 Å². The van der Waals surface area contributed by atoms with Crippen molar-refractivity contribution in [1.29, 1.82) is 0 Å². The predicted octanol–water partition coefficient (Wildman–Crippen LogP) is 1.15. The minimum absolute atomic E-state index is 0.0826. The second-order valence-electron chi connectivity index (χ2n) is 4.36. The van der Waals surface area contributed by atoms with Crippen molar-refractivity contribution in [2.75, 3.05) is 32.1 Å². The summed E-state index contributed by atoms with van der Waals surface area (Å²) in [5.74, 6) is 1.49. The molecule has 2 amide bonds. The van der Waals surface area contributed by atoms with Gasteiger partial charge in [-0.25, -0.2) is 4.79 Å². The number of hydrogen-bond donors (Lipinski definition) is 2. The molecule has 4 nitrogen and oxygen atoms in total. The zero-order valence-electron chi connectivity index (χ0n) is 10.1. The molecule has 1 fully saturated rings. The van der Waals surface area contributed by atoms with Gasteiger partial charge in [0.1, 0.15) is 0 Å². The maximum Gasteiger partial charge on any atom is 0.317 e. The number of likely N-dealkylation sites (N-methyl/N-ethyl adjacent to an activating group) is 1. The van der Waals surface area contributed by atoms with Crippen LogP contribution >= 0.6 is 11.8 Å². The Labute approximate surface area is 102 Å². The zero-order valence-corrected chi connectivity index (χ0v) is 10.9. The van der Waals surface area contributed by atoms with Gasteiger partial charge in [0, 0.05) is 20.1 Å². The van der Waals surface area contributed by atoms with E-state index in [9.17, 15) is 9.90 Å². The van der Waals surface area contributed by atoms with Crippen LogP contribution in [0.1, 0.15) is 19.3 Å². The Morgan fingerprint density at radius 3 is 2.88 bits per heavy atom. The third kappa shape index (κ3) is 5.07. The highest BCUT2D eigenvalue weighted by Crippen LogP contribution is 2.32. The molecule has 0 saturated heterocycles. The third-order valence-electron chi connectivity index (χ3n) is 2.78. The van der Waals surface area contributed by atoms with Crippen molar-refractivity contribution in [3.8, 4) is 0 Å². The van der Waals surface area contributed by atoms with Crippen LogP contribution in [0, 0.1) is 5.92 Å². The van der Waals surface area contributed by atoms with Crippen LogP contribution in [0.3, 0.4) is 0 Å². The quantitative estimate of drug-likeness (QED) is 0.663. The molecule has 1 saturated carbocycles. The molecule has 16 heavy (non-hydrogen) atoms. The first kappa shape index (κ1) is 13.6. The molecule has 1 unspecified atom stereocenters. The summed E-state index contributed by atoms with van der Waals surface area (Å²) < 4.78 is 0. The summed E-state index contributed by atoms with van der Waals surface area (Å²) in [7, 11) is 1.73. The fourth-order valence-corrected chi connectivity index (χ4v) is 1.97. The van der Waals surface area contributed by atoms with Crippen molar-refractivity contribution in [2.24, 2.45) is 5.92 Å². The standard InChI is InChI=1S/C11H22N2O2S/c1-13(8-10(14)9-4-5-9)11(15)12-6-3-7-16-2/h9-10,14H,3-8H2,1-2H3,(H,12,15). The second-order valence-corrected chi connectivity index (χ2v) is 5.35. The number of nitrogens with zero attached hydrogens (tertiary/aromatic N) is 1. The molecule has 0 aromatic carbocycles. The lowest BCUT2D eigenvalue weighted by molar-refractivity contribution is 0.113. The summed E-state index contributed by atoms with van der Waals surface area (Å²) in [6.45, 7) is 1.16. The molecule has 1 atom stereocenters. The number of amides is 2. The third-order valence-corrected chi connectivity index (χ3v) is 3.47. The van der Waals surface area contributed by atoms with Crippen LogP contribution < -0.4 is 5.32 Å². The second kappa shape index (κ2) is 7.01. The van der Waals surface area contributed by atoms with Crippen molar-refractivity contribution in [2.45, 2.75) is 25.4 Å². The number of rotatable bonds is 7. The summed E-state index contributed by atoms with van der Waals surface area (Å²) in [5, 5.41) is 12.5. The molecule has 2 N–H and O–H groups in total. The molecular weight excluding hydrogens is 224 g/mol. The van der Waals surface area contributed by atoms with Crippen LogP contribution in [0.25, 0.3) is 0 Å². The monoisotopic (exact) mass is 246 g/mol. The Kier molecular flexibility index (Phi) is 5.98. The summed E-state index contributed by atoms with van der Waals surface area (Å²) in [6.07, 6.45) is 4.91. The number of hydrogen-bond acceptors (Lipinski definition) is 3. The first-order valence-electron chi connectivity index (χ1n) is 5.81. The number of thioether (sulfide) groups is 1. The van der Waals surface area contributed by atoms with E-state index in [0.717, 1.165) is 25.0 Å². The van der Waals surface area contributed by atoms with Gasteiger partial charge in [-0.2, -0.15) is 11.8 Å². The van der Waals surface area contributed by atoms with Crippen molar-refractivity contribution < 1.29 is 9.90 Å². The fraction of sp³-hybridized carbons (Fsp3) is 0.909. The summed E-state index contributed by atoms with van der Waals surface area (Å²) >= 11 is 1.78. The van der Waals surface area contributed by atoms with Gasteiger partial charge >= 0.3 is 6.03 Å². The summed E-state index contributed by atoms with van der Waals surface area (Å²) in [6, 6.07) is -0.0826. The molecule has 0 bridgehead atoms. The van der Waals surface area contributed by atoms with E-state index in [1.807, 2.05) is 0 Å². The molecule has 1 rings (SSSR count). The number of carbonyl (C=O) groups excluding carboxylic acids is 1. The van der Waals surface area contributed by atoms with Gasteiger partial charge < -0.3 is 15.3 Å². The van der Waals surface area contributed by atoms with Crippen LogP contribution in [-0.4, -0.2) is 54.3 Å². The lowest BCUT2D eigenvalue weighted by Crippen LogP contribution is -2.42. The molecule has 0 heterocycles. The highest BCUT2D eigenvalue weighted by Gasteiger charge is 2.30. The molecule has 5 heteroatoms. The largest absolute Gasteiger partial charge is 0.391 e. The van der Waals surface area contributed by atoms with Crippen LogP contribution in [0.15, 0.2) is 0 Å². The van der Waals surface area contributed by atoms with E-state index >= 15 is 0 Å². The van der Waals surface area contributed by atoms with Crippen molar-refractivity contribution in [1.82, 2.24) is 10.2 Å². The molecule has 0 aromatic heterocycles. The van der Waals surface area contributed by atoms with Gasteiger partial charge in [-0.1, -0.05) is 0 Å². The summed E-state index contributed by atoms with van der Waals surface area (Å²) in [4.78, 5) is 13.2. The van der Waals surface area contributed by atoms with Crippen LogP contribution in [0.4, 0.5) is 4.79 Å². The molecule has 0 spiro atoms. The van der Waals surface area contributed by atoms with Crippen LogP contribution in [0.2, 0.25) is 0 Å². The Morgan fingerprint density at radius 2 is 2.31 bits per heavy atom. The van der Waals surface area contributed by atoms with E-state index in [1.54, 1.807) is 23.7 Å². The average Bonchev–Trinajstić information content (AvgIpc) is 3.07. The minimum atomic E-state index is -0.345.